The molecule has 8 nitrogen and oxygen atoms in total. The summed E-state index contributed by atoms with van der Waals surface area (Å²) in [5, 5.41) is 25.2. The van der Waals surface area contributed by atoms with Crippen molar-refractivity contribution < 1.29 is 34.1 Å². The second-order valence-electron chi connectivity index (χ2n) is 8.69. The van der Waals surface area contributed by atoms with Gasteiger partial charge < -0.3 is 25.0 Å². The van der Waals surface area contributed by atoms with E-state index in [-0.39, 0.29) is 52.5 Å². The van der Waals surface area contributed by atoms with E-state index in [0.717, 1.165) is 0 Å². The summed E-state index contributed by atoms with van der Waals surface area (Å²) in [7, 11) is 0. The van der Waals surface area contributed by atoms with Gasteiger partial charge >= 0.3 is 0 Å². The Morgan fingerprint density at radius 3 is 2.03 bits per heavy atom. The Bertz CT molecular complexity index is 1200. The maximum atomic E-state index is 13.2. The van der Waals surface area contributed by atoms with Crippen molar-refractivity contribution in [1.82, 2.24) is 5.32 Å². The van der Waals surface area contributed by atoms with Gasteiger partial charge in [0, 0.05) is 35.6 Å². The first-order chi connectivity index (χ1) is 15.2. The van der Waals surface area contributed by atoms with Crippen molar-refractivity contribution in [2.75, 3.05) is 13.2 Å². The number of hydrogen-bond acceptors (Lipinski definition) is 7. The lowest BCUT2D eigenvalue weighted by Crippen LogP contribution is -2.66. The smallest absolute Gasteiger partial charge is 0.217 e. The van der Waals surface area contributed by atoms with E-state index in [4.69, 9.17) is 9.47 Å². The second-order valence-corrected chi connectivity index (χ2v) is 8.69. The van der Waals surface area contributed by atoms with Crippen LogP contribution in [-0.2, 0) is 27.1 Å². The fourth-order valence-corrected chi connectivity index (χ4v) is 5.34. The molecule has 3 aliphatic rings. The van der Waals surface area contributed by atoms with Gasteiger partial charge in [-0.3, -0.25) is 14.4 Å². The molecule has 2 aromatic carbocycles. The molecule has 0 spiro atoms. The zero-order chi connectivity index (χ0) is 22.8. The number of aromatic hydroxyl groups is 2. The summed E-state index contributed by atoms with van der Waals surface area (Å²) in [6.07, 6.45) is 0.655. The van der Waals surface area contributed by atoms with Crippen molar-refractivity contribution >= 4 is 17.5 Å². The topological polar surface area (TPSA) is 122 Å². The maximum absolute atomic E-state index is 13.2. The largest absolute Gasteiger partial charge is 0.507 e. The molecule has 1 amide bonds. The summed E-state index contributed by atoms with van der Waals surface area (Å²) in [5.41, 5.74) is -0.327. The molecular formula is C24H23NO7. The van der Waals surface area contributed by atoms with Gasteiger partial charge in [0.25, 0.3) is 0 Å². The van der Waals surface area contributed by atoms with Crippen LogP contribution in [0.4, 0.5) is 0 Å². The summed E-state index contributed by atoms with van der Waals surface area (Å²) in [5.74, 6) is -3.12. The normalized spacial score (nSPS) is 23.3. The van der Waals surface area contributed by atoms with Crippen LogP contribution in [0.15, 0.2) is 24.3 Å². The lowest BCUT2D eigenvalue weighted by atomic mass is 9.70. The lowest BCUT2D eigenvalue weighted by Gasteiger charge is -2.48. The molecule has 2 aromatic rings. The second kappa shape index (κ2) is 6.88. The lowest BCUT2D eigenvalue weighted by molar-refractivity contribution is -0.205. The molecule has 166 valence electrons. The Labute approximate surface area is 184 Å². The maximum Gasteiger partial charge on any atom is 0.217 e. The zero-order valence-corrected chi connectivity index (χ0v) is 17.8. The summed E-state index contributed by atoms with van der Waals surface area (Å²) >= 11 is 0. The summed E-state index contributed by atoms with van der Waals surface area (Å²) < 4.78 is 11.7. The predicted octanol–water partition coefficient (Wildman–Crippen LogP) is 2.00. The molecule has 5 rings (SSSR count). The van der Waals surface area contributed by atoms with Gasteiger partial charge in [0.05, 0.1) is 29.9 Å². The highest BCUT2D eigenvalue weighted by molar-refractivity contribution is 6.30. The van der Waals surface area contributed by atoms with E-state index in [1.165, 1.54) is 19.1 Å². The van der Waals surface area contributed by atoms with Crippen molar-refractivity contribution in [2.24, 2.45) is 0 Å². The molecule has 0 radical (unpaired) electrons. The Morgan fingerprint density at radius 2 is 1.50 bits per heavy atom. The van der Waals surface area contributed by atoms with Gasteiger partial charge in [-0.1, -0.05) is 24.3 Å². The molecule has 0 saturated carbocycles. The Morgan fingerprint density at radius 1 is 0.969 bits per heavy atom. The molecule has 8 heteroatoms. The number of phenolic OH excluding ortho intramolecular Hbond substituents is 2. The minimum atomic E-state index is -1.15. The minimum absolute atomic E-state index is 0.0637. The van der Waals surface area contributed by atoms with E-state index in [2.05, 4.69) is 5.32 Å². The average molecular weight is 437 g/mol. The van der Waals surface area contributed by atoms with Crippen molar-refractivity contribution in [2.45, 2.75) is 44.4 Å². The van der Waals surface area contributed by atoms with E-state index >= 15 is 0 Å². The fraction of sp³-hybridized carbons (Fsp3) is 0.375. The molecule has 1 fully saturated rings. The monoisotopic (exact) mass is 437 g/mol. The number of hydrogen-bond donors (Lipinski definition) is 3. The van der Waals surface area contributed by atoms with Crippen molar-refractivity contribution in [3.8, 4) is 11.5 Å². The highest BCUT2D eigenvalue weighted by Gasteiger charge is 2.56. The van der Waals surface area contributed by atoms with Crippen LogP contribution in [0.1, 0.15) is 63.2 Å². The third kappa shape index (κ3) is 2.66. The van der Waals surface area contributed by atoms with E-state index in [0.29, 0.717) is 30.8 Å². The molecule has 2 aliphatic carbocycles. The first kappa shape index (κ1) is 20.7. The van der Waals surface area contributed by atoms with Gasteiger partial charge in [-0.15, -0.1) is 0 Å². The van der Waals surface area contributed by atoms with Gasteiger partial charge in [0.1, 0.15) is 11.5 Å². The van der Waals surface area contributed by atoms with Crippen molar-refractivity contribution in [3.05, 3.63) is 57.6 Å². The third-order valence-electron chi connectivity index (χ3n) is 6.93. The highest BCUT2D eigenvalue weighted by atomic mass is 16.7. The van der Waals surface area contributed by atoms with Crippen LogP contribution in [0.3, 0.4) is 0 Å². The molecule has 0 aromatic heterocycles. The Hall–Kier alpha value is -3.23. The van der Waals surface area contributed by atoms with Crippen LogP contribution < -0.4 is 5.32 Å². The molecule has 1 saturated heterocycles. The molecule has 1 aliphatic heterocycles. The van der Waals surface area contributed by atoms with E-state index in [1.54, 1.807) is 19.1 Å². The van der Waals surface area contributed by atoms with Crippen LogP contribution in [0.5, 0.6) is 11.5 Å². The van der Waals surface area contributed by atoms with Crippen LogP contribution in [-0.4, -0.2) is 52.2 Å². The number of ketones is 2. The van der Waals surface area contributed by atoms with Gasteiger partial charge in [-0.25, -0.2) is 0 Å². The quantitative estimate of drug-likeness (QED) is 0.524. The third-order valence-corrected chi connectivity index (χ3v) is 6.93. The van der Waals surface area contributed by atoms with Gasteiger partial charge in [0.2, 0.25) is 5.91 Å². The van der Waals surface area contributed by atoms with E-state index in [1.807, 2.05) is 0 Å². The number of amides is 1. The summed E-state index contributed by atoms with van der Waals surface area (Å²) in [4.78, 5) is 38.5. The number of carbonyl (C=O) groups excluding carboxylic acids is 3. The molecule has 0 unspecified atom stereocenters. The van der Waals surface area contributed by atoms with Crippen LogP contribution in [0.25, 0.3) is 0 Å². The van der Waals surface area contributed by atoms with Gasteiger partial charge in [-0.2, -0.15) is 0 Å². The van der Waals surface area contributed by atoms with Crippen LogP contribution in [0.2, 0.25) is 0 Å². The van der Waals surface area contributed by atoms with Crippen LogP contribution in [0, 0.1) is 0 Å². The minimum Gasteiger partial charge on any atom is -0.507 e. The standard InChI is InChI=1S/C24H23NO7/c1-12(26)25-24(23(2)31-9-10-32-23)8-7-15-16(11-24)22(30)18-17(21(15)29)19(27)13-5-3-4-6-14(13)20(18)28/h3-6,29-30H,7-11H2,1-2H3,(H,25,26)/t24-/m1/s1. The molecule has 32 heavy (non-hydrogen) atoms. The summed E-state index contributed by atoms with van der Waals surface area (Å²) in [6.45, 7) is 3.84. The number of phenols is 2. The first-order valence-corrected chi connectivity index (χ1v) is 10.5. The molecule has 0 bridgehead atoms. The Balaban J connectivity index is 1.70. The van der Waals surface area contributed by atoms with Gasteiger partial charge in [-0.05, 0) is 19.8 Å². The number of ether oxygens (including phenoxy) is 2. The first-order valence-electron chi connectivity index (χ1n) is 10.5. The molecule has 1 atom stereocenters. The summed E-state index contributed by atoms with van der Waals surface area (Å²) in [6, 6.07) is 6.35. The predicted molar refractivity (Wildman–Crippen MR) is 112 cm³/mol. The zero-order valence-electron chi connectivity index (χ0n) is 17.8. The number of rotatable bonds is 2. The SMILES string of the molecule is CC(=O)N[C@]1(C2(C)OCCO2)CCc2c(O)c3c(c(O)c2C1)C(=O)c1ccccc1C3=O. The molecule has 3 N–H and O–H groups in total. The highest BCUT2D eigenvalue weighted by Crippen LogP contribution is 2.50. The number of carbonyl (C=O) groups is 3. The van der Waals surface area contributed by atoms with Crippen LogP contribution >= 0.6 is 0 Å². The van der Waals surface area contributed by atoms with Crippen molar-refractivity contribution in [3.63, 3.8) is 0 Å². The Kier molecular flexibility index (Phi) is 4.44. The van der Waals surface area contributed by atoms with E-state index in [9.17, 15) is 24.6 Å². The number of fused-ring (bicyclic) bond motifs is 3. The van der Waals surface area contributed by atoms with Gasteiger partial charge in [0.15, 0.2) is 17.4 Å². The fourth-order valence-electron chi connectivity index (χ4n) is 5.34. The number of nitrogens with one attached hydrogen (secondary N) is 1. The molecular weight excluding hydrogens is 414 g/mol. The van der Waals surface area contributed by atoms with E-state index < -0.39 is 22.9 Å². The number of benzene rings is 2. The van der Waals surface area contributed by atoms with Crippen molar-refractivity contribution in [1.29, 1.82) is 0 Å². The molecule has 1 heterocycles. The average Bonchev–Trinajstić information content (AvgIpc) is 3.22.